The highest BCUT2D eigenvalue weighted by atomic mass is 14.9. The van der Waals surface area contributed by atoms with E-state index in [0.717, 1.165) is 12.8 Å². The summed E-state index contributed by atoms with van der Waals surface area (Å²) in [5.41, 5.74) is 14.5. The summed E-state index contributed by atoms with van der Waals surface area (Å²) >= 11 is 0. The van der Waals surface area contributed by atoms with Gasteiger partial charge >= 0.3 is 0 Å². The van der Waals surface area contributed by atoms with Gasteiger partial charge in [-0.25, -0.2) is 4.57 Å². The van der Waals surface area contributed by atoms with Crippen LogP contribution >= 0.6 is 0 Å². The molecule has 2 aromatic carbocycles. The number of fused-ring (bicyclic) bond motifs is 3. The summed E-state index contributed by atoms with van der Waals surface area (Å²) in [7, 11) is 2.19. The summed E-state index contributed by atoms with van der Waals surface area (Å²) in [6.45, 7) is 13.7. The van der Waals surface area contributed by atoms with Gasteiger partial charge in [0.25, 0.3) is 0 Å². The molecule has 0 saturated heterocycles. The monoisotopic (exact) mass is 370 g/mol. The molecule has 0 saturated carbocycles. The van der Waals surface area contributed by atoms with Crippen LogP contribution in [0.4, 0.5) is 0 Å². The second-order valence-corrected chi connectivity index (χ2v) is 9.79. The van der Waals surface area contributed by atoms with Crippen LogP contribution in [0.2, 0.25) is 0 Å². The van der Waals surface area contributed by atoms with Gasteiger partial charge in [0.15, 0.2) is 6.20 Å². The third-order valence-electron chi connectivity index (χ3n) is 6.04. The average molecular weight is 371 g/mol. The van der Waals surface area contributed by atoms with E-state index in [1.807, 2.05) is 0 Å². The van der Waals surface area contributed by atoms with Crippen LogP contribution in [-0.2, 0) is 19.9 Å². The first-order chi connectivity index (χ1) is 13.2. The SMILES string of the molecule is Cc1c[n+](C)c(-c2c(C)cc(C)c3c2Cc2ccccc2-3)cc1CC(C)(C)C. The third kappa shape index (κ3) is 3.17. The molecule has 1 heteroatoms. The van der Waals surface area contributed by atoms with E-state index in [4.69, 9.17) is 0 Å². The zero-order chi connectivity index (χ0) is 20.2. The Hall–Kier alpha value is -2.41. The Morgan fingerprint density at radius 3 is 2.29 bits per heavy atom. The molecule has 144 valence electrons. The molecule has 1 heterocycles. The van der Waals surface area contributed by atoms with Crippen LogP contribution in [0.3, 0.4) is 0 Å². The highest BCUT2D eigenvalue weighted by molar-refractivity contribution is 5.87. The minimum Gasteiger partial charge on any atom is -0.201 e. The molecule has 1 aromatic heterocycles. The molecular weight excluding hydrogens is 338 g/mol. The number of aromatic nitrogens is 1. The molecule has 1 nitrogen and oxygen atoms in total. The molecule has 0 atom stereocenters. The predicted molar refractivity (Wildman–Crippen MR) is 119 cm³/mol. The van der Waals surface area contributed by atoms with Crippen molar-refractivity contribution in [1.29, 1.82) is 0 Å². The molecule has 0 amide bonds. The Morgan fingerprint density at radius 1 is 0.893 bits per heavy atom. The van der Waals surface area contributed by atoms with Crippen LogP contribution in [0, 0.1) is 26.2 Å². The Morgan fingerprint density at radius 2 is 1.57 bits per heavy atom. The van der Waals surface area contributed by atoms with Crippen molar-refractivity contribution in [2.45, 2.75) is 54.4 Å². The molecule has 0 N–H and O–H groups in total. The highest BCUT2D eigenvalue weighted by Crippen LogP contribution is 2.44. The van der Waals surface area contributed by atoms with E-state index in [-0.39, 0.29) is 5.41 Å². The summed E-state index contributed by atoms with van der Waals surface area (Å²) in [5, 5.41) is 0. The van der Waals surface area contributed by atoms with E-state index in [2.05, 4.69) is 95.8 Å². The lowest BCUT2D eigenvalue weighted by molar-refractivity contribution is -0.660. The van der Waals surface area contributed by atoms with Crippen molar-refractivity contribution in [2.24, 2.45) is 12.5 Å². The normalized spacial score (nSPS) is 12.8. The van der Waals surface area contributed by atoms with Crippen LogP contribution in [0.25, 0.3) is 22.4 Å². The largest absolute Gasteiger partial charge is 0.213 e. The molecule has 4 rings (SSSR count). The number of hydrogen-bond donors (Lipinski definition) is 0. The van der Waals surface area contributed by atoms with E-state index < -0.39 is 0 Å². The topological polar surface area (TPSA) is 3.88 Å². The first-order valence-electron chi connectivity index (χ1n) is 10.4. The maximum absolute atomic E-state index is 2.45. The van der Waals surface area contributed by atoms with Crippen molar-refractivity contribution in [3.63, 3.8) is 0 Å². The fourth-order valence-corrected chi connectivity index (χ4v) is 4.92. The van der Waals surface area contributed by atoms with E-state index in [1.54, 1.807) is 0 Å². The van der Waals surface area contributed by atoms with E-state index in [9.17, 15) is 0 Å². The van der Waals surface area contributed by atoms with Gasteiger partial charge in [-0.2, -0.15) is 0 Å². The minimum atomic E-state index is 0.280. The van der Waals surface area contributed by atoms with Gasteiger partial charge in [-0.1, -0.05) is 51.1 Å². The summed E-state index contributed by atoms with van der Waals surface area (Å²) < 4.78 is 2.32. The van der Waals surface area contributed by atoms with Crippen LogP contribution in [0.5, 0.6) is 0 Å². The van der Waals surface area contributed by atoms with Crippen molar-refractivity contribution < 1.29 is 4.57 Å². The van der Waals surface area contributed by atoms with Crippen LogP contribution in [-0.4, -0.2) is 0 Å². The Kier molecular flexibility index (Phi) is 4.45. The lowest BCUT2D eigenvalue weighted by Crippen LogP contribution is -2.32. The maximum Gasteiger partial charge on any atom is 0.213 e. The van der Waals surface area contributed by atoms with Gasteiger partial charge in [-0.15, -0.1) is 0 Å². The summed E-state index contributed by atoms with van der Waals surface area (Å²) in [6.07, 6.45) is 4.44. The molecule has 1 aliphatic carbocycles. The second kappa shape index (κ2) is 6.58. The van der Waals surface area contributed by atoms with Gasteiger partial charge in [0.05, 0.1) is 5.56 Å². The van der Waals surface area contributed by atoms with Crippen molar-refractivity contribution >= 4 is 0 Å². The van der Waals surface area contributed by atoms with Gasteiger partial charge in [0.2, 0.25) is 5.69 Å². The van der Waals surface area contributed by atoms with Crippen molar-refractivity contribution in [3.05, 3.63) is 76.0 Å². The molecule has 3 aromatic rings. The summed E-state index contributed by atoms with van der Waals surface area (Å²) in [4.78, 5) is 0. The van der Waals surface area contributed by atoms with Crippen molar-refractivity contribution in [2.75, 3.05) is 0 Å². The first kappa shape index (κ1) is 18.9. The predicted octanol–water partition coefficient (Wildman–Crippen LogP) is 6.26. The number of nitrogens with zero attached hydrogens (tertiary/aromatic N) is 1. The second-order valence-electron chi connectivity index (χ2n) is 9.79. The minimum absolute atomic E-state index is 0.280. The zero-order valence-corrected chi connectivity index (χ0v) is 18.4. The molecule has 1 aliphatic rings. The van der Waals surface area contributed by atoms with Gasteiger partial charge in [-0.05, 0) is 78.0 Å². The average Bonchev–Trinajstić information content (AvgIpc) is 2.97. The van der Waals surface area contributed by atoms with Crippen LogP contribution in [0.15, 0.2) is 42.6 Å². The number of rotatable bonds is 2. The summed E-state index contributed by atoms with van der Waals surface area (Å²) in [5.74, 6) is 0. The van der Waals surface area contributed by atoms with E-state index >= 15 is 0 Å². The van der Waals surface area contributed by atoms with Crippen molar-refractivity contribution in [1.82, 2.24) is 0 Å². The van der Waals surface area contributed by atoms with E-state index in [0.29, 0.717) is 0 Å². The third-order valence-corrected chi connectivity index (χ3v) is 6.04. The molecule has 0 radical (unpaired) electrons. The van der Waals surface area contributed by atoms with Crippen molar-refractivity contribution in [3.8, 4) is 22.4 Å². The van der Waals surface area contributed by atoms with Crippen LogP contribution in [0.1, 0.15) is 54.2 Å². The molecule has 0 fully saturated rings. The smallest absolute Gasteiger partial charge is 0.201 e. The Balaban J connectivity index is 1.96. The fraction of sp³-hybridized carbons (Fsp3) is 0.370. The number of aryl methyl sites for hydroxylation is 4. The number of pyridine rings is 1. The van der Waals surface area contributed by atoms with E-state index in [1.165, 1.54) is 55.8 Å². The number of hydrogen-bond acceptors (Lipinski definition) is 0. The quantitative estimate of drug-likeness (QED) is 0.366. The standard InChI is InChI=1S/C27H32N/c1-17-12-18(2)26(23-13-20-10-8-9-11-22(20)25(17)23)24-14-21(15-27(4,5)6)19(3)16-28(24)7/h8-12,14,16H,13,15H2,1-7H3/q+1. The molecular formula is C27H32N+. The molecule has 0 unspecified atom stereocenters. The van der Waals surface area contributed by atoms with Crippen LogP contribution < -0.4 is 4.57 Å². The molecule has 0 spiro atoms. The number of benzene rings is 2. The first-order valence-corrected chi connectivity index (χ1v) is 10.4. The maximum atomic E-state index is 2.45. The fourth-order valence-electron chi connectivity index (χ4n) is 4.92. The van der Waals surface area contributed by atoms with Gasteiger partial charge in [0, 0.05) is 11.6 Å². The lowest BCUT2D eigenvalue weighted by Gasteiger charge is -2.20. The van der Waals surface area contributed by atoms with Gasteiger partial charge < -0.3 is 0 Å². The summed E-state index contributed by atoms with van der Waals surface area (Å²) in [6, 6.07) is 13.7. The van der Waals surface area contributed by atoms with Gasteiger partial charge in [-0.3, -0.25) is 0 Å². The van der Waals surface area contributed by atoms with Gasteiger partial charge in [0.1, 0.15) is 7.05 Å². The Bertz CT molecular complexity index is 1080. The highest BCUT2D eigenvalue weighted by Gasteiger charge is 2.28. The Labute approximate surface area is 170 Å². The zero-order valence-electron chi connectivity index (χ0n) is 18.4. The lowest BCUT2D eigenvalue weighted by atomic mass is 9.85. The molecule has 0 bridgehead atoms. The molecule has 0 aliphatic heterocycles. The molecule has 28 heavy (non-hydrogen) atoms.